The highest BCUT2D eigenvalue weighted by molar-refractivity contribution is 5.32. The molecule has 1 atom stereocenters. The molecule has 0 radical (unpaired) electrons. The first-order valence-corrected chi connectivity index (χ1v) is 4.67. The van der Waals surface area contributed by atoms with Crippen molar-refractivity contribution in [2.75, 3.05) is 7.05 Å². The summed E-state index contributed by atoms with van der Waals surface area (Å²) in [5.41, 5.74) is 2.13. The standard InChI is InChI=1S/C11H14F3N/c1-7-4-5-9(6-8(7)2)10(15-3)11(12,13)14/h4-6,10,15H,1-3H3. The summed E-state index contributed by atoms with van der Waals surface area (Å²) in [6, 6.07) is 3.21. The maximum Gasteiger partial charge on any atom is 0.407 e. The Morgan fingerprint density at radius 2 is 1.73 bits per heavy atom. The monoisotopic (exact) mass is 217 g/mol. The molecule has 1 rings (SSSR count). The summed E-state index contributed by atoms with van der Waals surface area (Å²) < 4.78 is 37.7. The third-order valence-corrected chi connectivity index (χ3v) is 2.48. The van der Waals surface area contributed by atoms with E-state index in [2.05, 4.69) is 5.32 Å². The number of rotatable bonds is 2. The maximum atomic E-state index is 12.6. The van der Waals surface area contributed by atoms with E-state index in [-0.39, 0.29) is 5.56 Å². The molecule has 0 aliphatic carbocycles. The van der Waals surface area contributed by atoms with Crippen molar-refractivity contribution >= 4 is 0 Å². The topological polar surface area (TPSA) is 12.0 Å². The molecule has 1 N–H and O–H groups in total. The van der Waals surface area contributed by atoms with Crippen LogP contribution in [0.2, 0.25) is 0 Å². The van der Waals surface area contributed by atoms with Crippen LogP contribution in [0.4, 0.5) is 13.2 Å². The minimum Gasteiger partial charge on any atom is -0.306 e. The van der Waals surface area contributed by atoms with Gasteiger partial charge in [-0.2, -0.15) is 13.2 Å². The second-order valence-corrected chi connectivity index (χ2v) is 3.61. The van der Waals surface area contributed by atoms with E-state index in [0.717, 1.165) is 11.1 Å². The van der Waals surface area contributed by atoms with Crippen LogP contribution in [-0.4, -0.2) is 13.2 Å². The Labute approximate surface area is 87.3 Å². The predicted molar refractivity (Wildman–Crippen MR) is 53.8 cm³/mol. The second-order valence-electron chi connectivity index (χ2n) is 3.61. The Balaban J connectivity index is 3.08. The third kappa shape index (κ3) is 2.72. The highest BCUT2D eigenvalue weighted by Crippen LogP contribution is 2.32. The van der Waals surface area contributed by atoms with Crippen LogP contribution in [-0.2, 0) is 0 Å². The summed E-state index contributed by atoms with van der Waals surface area (Å²) in [5.74, 6) is 0. The van der Waals surface area contributed by atoms with Crippen LogP contribution in [0, 0.1) is 13.8 Å². The SMILES string of the molecule is CNC(c1ccc(C)c(C)c1)C(F)(F)F. The van der Waals surface area contributed by atoms with E-state index in [4.69, 9.17) is 0 Å². The lowest BCUT2D eigenvalue weighted by molar-refractivity contribution is -0.156. The smallest absolute Gasteiger partial charge is 0.306 e. The first-order chi connectivity index (χ1) is 6.86. The summed E-state index contributed by atoms with van der Waals surface area (Å²) in [7, 11) is 1.31. The van der Waals surface area contributed by atoms with Gasteiger partial charge in [-0.3, -0.25) is 0 Å². The van der Waals surface area contributed by atoms with Gasteiger partial charge < -0.3 is 5.32 Å². The van der Waals surface area contributed by atoms with Gasteiger partial charge in [0, 0.05) is 0 Å². The Kier molecular flexibility index (Phi) is 3.39. The van der Waals surface area contributed by atoms with E-state index in [1.165, 1.54) is 13.1 Å². The van der Waals surface area contributed by atoms with Crippen LogP contribution in [0.1, 0.15) is 22.7 Å². The molecule has 1 unspecified atom stereocenters. The van der Waals surface area contributed by atoms with Crippen molar-refractivity contribution < 1.29 is 13.2 Å². The predicted octanol–water partition coefficient (Wildman–Crippen LogP) is 3.13. The largest absolute Gasteiger partial charge is 0.407 e. The quantitative estimate of drug-likeness (QED) is 0.802. The number of nitrogens with one attached hydrogen (secondary N) is 1. The summed E-state index contributed by atoms with van der Waals surface area (Å²) in [5, 5.41) is 2.28. The molecule has 4 heteroatoms. The Morgan fingerprint density at radius 1 is 1.13 bits per heavy atom. The summed E-state index contributed by atoms with van der Waals surface area (Å²) >= 11 is 0. The number of hydrogen-bond acceptors (Lipinski definition) is 1. The minimum atomic E-state index is -4.25. The van der Waals surface area contributed by atoms with Gasteiger partial charge in [0.15, 0.2) is 0 Å². The van der Waals surface area contributed by atoms with E-state index >= 15 is 0 Å². The maximum absolute atomic E-state index is 12.6. The van der Waals surface area contributed by atoms with Crippen molar-refractivity contribution in [1.29, 1.82) is 0 Å². The summed E-state index contributed by atoms with van der Waals surface area (Å²) in [4.78, 5) is 0. The normalized spacial score (nSPS) is 14.0. The van der Waals surface area contributed by atoms with E-state index in [1.807, 2.05) is 13.8 Å². The minimum absolute atomic E-state index is 0.258. The van der Waals surface area contributed by atoms with Crippen LogP contribution in [0.3, 0.4) is 0 Å². The number of hydrogen-bond donors (Lipinski definition) is 1. The zero-order valence-electron chi connectivity index (χ0n) is 8.94. The molecule has 0 spiro atoms. The highest BCUT2D eigenvalue weighted by atomic mass is 19.4. The zero-order chi connectivity index (χ0) is 11.6. The fourth-order valence-electron chi connectivity index (χ4n) is 1.46. The molecule has 0 amide bonds. The number of benzene rings is 1. The van der Waals surface area contributed by atoms with Gasteiger partial charge in [0.2, 0.25) is 0 Å². The molecule has 0 heterocycles. The van der Waals surface area contributed by atoms with Gasteiger partial charge in [-0.1, -0.05) is 18.2 Å². The lowest BCUT2D eigenvalue weighted by Crippen LogP contribution is -2.31. The van der Waals surface area contributed by atoms with Crippen LogP contribution in [0.5, 0.6) is 0 Å². The molecule has 0 saturated heterocycles. The van der Waals surface area contributed by atoms with Gasteiger partial charge in [-0.05, 0) is 37.6 Å². The van der Waals surface area contributed by atoms with Crippen molar-refractivity contribution in [2.45, 2.75) is 26.1 Å². The van der Waals surface area contributed by atoms with Crippen LogP contribution in [0.25, 0.3) is 0 Å². The van der Waals surface area contributed by atoms with E-state index in [9.17, 15) is 13.2 Å². The Morgan fingerprint density at radius 3 is 2.13 bits per heavy atom. The summed E-state index contributed by atoms with van der Waals surface area (Å²) in [6.07, 6.45) is -4.25. The second kappa shape index (κ2) is 4.23. The summed E-state index contributed by atoms with van der Waals surface area (Å²) in [6.45, 7) is 3.68. The van der Waals surface area contributed by atoms with Gasteiger partial charge in [0.1, 0.15) is 6.04 Å². The first kappa shape index (κ1) is 12.0. The van der Waals surface area contributed by atoms with Gasteiger partial charge in [-0.25, -0.2) is 0 Å². The fourth-order valence-corrected chi connectivity index (χ4v) is 1.46. The number of halogens is 3. The number of alkyl halides is 3. The lowest BCUT2D eigenvalue weighted by Gasteiger charge is -2.20. The molecule has 84 valence electrons. The molecular weight excluding hydrogens is 203 g/mol. The first-order valence-electron chi connectivity index (χ1n) is 4.67. The fraction of sp³-hybridized carbons (Fsp3) is 0.455. The average Bonchev–Trinajstić information content (AvgIpc) is 2.10. The van der Waals surface area contributed by atoms with E-state index in [1.54, 1.807) is 12.1 Å². The van der Waals surface area contributed by atoms with Crippen LogP contribution >= 0.6 is 0 Å². The molecule has 1 aromatic carbocycles. The molecule has 0 aliphatic rings. The van der Waals surface area contributed by atoms with Crippen molar-refractivity contribution in [3.63, 3.8) is 0 Å². The van der Waals surface area contributed by atoms with Crippen molar-refractivity contribution in [1.82, 2.24) is 5.32 Å². The van der Waals surface area contributed by atoms with Crippen LogP contribution in [0.15, 0.2) is 18.2 Å². The molecule has 0 bridgehead atoms. The molecule has 0 fully saturated rings. The lowest BCUT2D eigenvalue weighted by atomic mass is 10.0. The van der Waals surface area contributed by atoms with Crippen molar-refractivity contribution in [3.05, 3.63) is 34.9 Å². The van der Waals surface area contributed by atoms with Gasteiger partial charge in [0.05, 0.1) is 0 Å². The molecular formula is C11H14F3N. The highest BCUT2D eigenvalue weighted by Gasteiger charge is 2.39. The Hall–Kier alpha value is -1.03. The molecule has 15 heavy (non-hydrogen) atoms. The van der Waals surface area contributed by atoms with Crippen molar-refractivity contribution in [3.8, 4) is 0 Å². The molecule has 0 saturated carbocycles. The van der Waals surface area contributed by atoms with Gasteiger partial charge >= 0.3 is 6.18 Å². The van der Waals surface area contributed by atoms with Crippen LogP contribution < -0.4 is 5.32 Å². The average molecular weight is 217 g/mol. The van der Waals surface area contributed by atoms with Gasteiger partial charge in [0.25, 0.3) is 0 Å². The zero-order valence-corrected chi connectivity index (χ0v) is 8.94. The van der Waals surface area contributed by atoms with Crippen molar-refractivity contribution in [2.24, 2.45) is 0 Å². The molecule has 0 aromatic heterocycles. The molecule has 0 aliphatic heterocycles. The van der Waals surface area contributed by atoms with Gasteiger partial charge in [-0.15, -0.1) is 0 Å². The third-order valence-electron chi connectivity index (χ3n) is 2.48. The Bertz CT molecular complexity index is 344. The molecule has 1 nitrogen and oxygen atoms in total. The number of aryl methyl sites for hydroxylation is 2. The van der Waals surface area contributed by atoms with E-state index < -0.39 is 12.2 Å². The van der Waals surface area contributed by atoms with E-state index in [0.29, 0.717) is 0 Å². The molecule has 1 aromatic rings.